The molecule has 1 rings (SSSR count). The highest BCUT2D eigenvalue weighted by molar-refractivity contribution is 9.10. The molecule has 114 valence electrons. The van der Waals surface area contributed by atoms with Crippen LogP contribution in [0, 0.1) is 17.6 Å². The summed E-state index contributed by atoms with van der Waals surface area (Å²) in [6.45, 7) is 7.45. The van der Waals surface area contributed by atoms with E-state index in [2.05, 4.69) is 15.9 Å². The number of hydrogen-bond acceptors (Lipinski definition) is 2. The van der Waals surface area contributed by atoms with Crippen molar-refractivity contribution in [3.05, 3.63) is 28.2 Å². The molecule has 0 amide bonds. The molecular weight excluding hydrogens is 352 g/mol. The van der Waals surface area contributed by atoms with Crippen molar-refractivity contribution in [3.63, 3.8) is 0 Å². The Labute approximate surface area is 127 Å². The fourth-order valence-electron chi connectivity index (χ4n) is 1.84. The summed E-state index contributed by atoms with van der Waals surface area (Å²) in [5.74, 6) is -1.82. The number of halogens is 3. The summed E-state index contributed by atoms with van der Waals surface area (Å²) in [5, 5.41) is 0. The average molecular weight is 370 g/mol. The lowest BCUT2D eigenvalue weighted by Crippen LogP contribution is -2.40. The van der Waals surface area contributed by atoms with Gasteiger partial charge in [0, 0.05) is 23.1 Å². The molecule has 1 aromatic rings. The third kappa shape index (κ3) is 3.77. The molecule has 0 heterocycles. The fraction of sp³-hybridized carbons (Fsp3) is 0.538. The average Bonchev–Trinajstić information content (AvgIpc) is 2.22. The molecule has 0 aliphatic heterocycles. The molecule has 0 atom stereocenters. The molecule has 0 saturated carbocycles. The second-order valence-corrected chi connectivity index (χ2v) is 7.94. The van der Waals surface area contributed by atoms with Crippen LogP contribution in [-0.2, 0) is 10.0 Å². The maximum atomic E-state index is 13.9. The molecule has 0 spiro atoms. The number of benzene rings is 1. The van der Waals surface area contributed by atoms with Crippen LogP contribution in [0.15, 0.2) is 21.5 Å². The lowest BCUT2D eigenvalue weighted by molar-refractivity contribution is 0.317. The summed E-state index contributed by atoms with van der Waals surface area (Å²) < 4.78 is 53.3. The molecule has 7 heteroatoms. The molecule has 0 unspecified atom stereocenters. The molecule has 1 aromatic carbocycles. The van der Waals surface area contributed by atoms with Gasteiger partial charge in [-0.25, -0.2) is 17.2 Å². The van der Waals surface area contributed by atoms with Crippen molar-refractivity contribution < 1.29 is 17.2 Å². The molecule has 0 saturated heterocycles. The first-order valence-corrected chi connectivity index (χ1v) is 8.47. The standard InChI is InChI=1S/C13H18BrF2NO2S/c1-8(2)7-17(9(3)4)20(18,19)13-11(14)5-10(15)6-12(13)16/h5-6,8-9H,7H2,1-4H3. The van der Waals surface area contributed by atoms with E-state index in [-0.39, 0.29) is 23.0 Å². The number of sulfonamides is 1. The van der Waals surface area contributed by atoms with Gasteiger partial charge < -0.3 is 0 Å². The van der Waals surface area contributed by atoms with Crippen molar-refractivity contribution in [1.82, 2.24) is 4.31 Å². The van der Waals surface area contributed by atoms with E-state index < -0.39 is 26.6 Å². The Kier molecular flexibility index (Phi) is 5.69. The minimum Gasteiger partial charge on any atom is -0.207 e. The van der Waals surface area contributed by atoms with E-state index in [1.807, 2.05) is 13.8 Å². The first-order chi connectivity index (χ1) is 9.07. The zero-order chi connectivity index (χ0) is 15.7. The van der Waals surface area contributed by atoms with E-state index >= 15 is 0 Å². The van der Waals surface area contributed by atoms with Gasteiger partial charge in [0.25, 0.3) is 0 Å². The predicted molar refractivity (Wildman–Crippen MR) is 77.9 cm³/mol. The minimum absolute atomic E-state index is 0.0921. The van der Waals surface area contributed by atoms with Crippen molar-refractivity contribution in [2.24, 2.45) is 5.92 Å². The van der Waals surface area contributed by atoms with E-state index in [1.54, 1.807) is 13.8 Å². The lowest BCUT2D eigenvalue weighted by Gasteiger charge is -2.28. The van der Waals surface area contributed by atoms with Gasteiger partial charge in [0.2, 0.25) is 10.0 Å². The van der Waals surface area contributed by atoms with Gasteiger partial charge in [-0.3, -0.25) is 0 Å². The monoisotopic (exact) mass is 369 g/mol. The first-order valence-electron chi connectivity index (χ1n) is 6.23. The van der Waals surface area contributed by atoms with Gasteiger partial charge in [-0.2, -0.15) is 4.31 Å². The third-order valence-corrected chi connectivity index (χ3v) is 5.66. The summed E-state index contributed by atoms with van der Waals surface area (Å²) >= 11 is 2.93. The second kappa shape index (κ2) is 6.49. The van der Waals surface area contributed by atoms with Gasteiger partial charge in [0.1, 0.15) is 16.5 Å². The maximum absolute atomic E-state index is 13.9. The quantitative estimate of drug-likeness (QED) is 0.791. The van der Waals surface area contributed by atoms with Gasteiger partial charge in [-0.15, -0.1) is 0 Å². The fourth-order valence-corrected chi connectivity index (χ4v) is 4.76. The molecule has 0 aliphatic carbocycles. The smallest absolute Gasteiger partial charge is 0.207 e. The van der Waals surface area contributed by atoms with Gasteiger partial charge >= 0.3 is 0 Å². The van der Waals surface area contributed by atoms with Crippen molar-refractivity contribution in [3.8, 4) is 0 Å². The molecule has 0 fully saturated rings. The van der Waals surface area contributed by atoms with Crippen LogP contribution in [0.25, 0.3) is 0 Å². The van der Waals surface area contributed by atoms with Crippen molar-refractivity contribution in [2.75, 3.05) is 6.54 Å². The Morgan fingerprint density at radius 3 is 2.15 bits per heavy atom. The first kappa shape index (κ1) is 17.5. The maximum Gasteiger partial charge on any atom is 0.247 e. The SMILES string of the molecule is CC(C)CN(C(C)C)S(=O)(=O)c1c(F)cc(F)cc1Br. The topological polar surface area (TPSA) is 37.4 Å². The highest BCUT2D eigenvalue weighted by Crippen LogP contribution is 2.30. The number of hydrogen-bond donors (Lipinski definition) is 0. The largest absolute Gasteiger partial charge is 0.247 e. The highest BCUT2D eigenvalue weighted by Gasteiger charge is 2.32. The van der Waals surface area contributed by atoms with Crippen LogP contribution < -0.4 is 0 Å². The molecule has 0 N–H and O–H groups in total. The van der Waals surface area contributed by atoms with Crippen LogP contribution in [-0.4, -0.2) is 25.3 Å². The van der Waals surface area contributed by atoms with E-state index in [0.29, 0.717) is 6.07 Å². The number of nitrogens with zero attached hydrogens (tertiary/aromatic N) is 1. The van der Waals surface area contributed by atoms with Gasteiger partial charge in [0.05, 0.1) is 0 Å². The molecule has 0 radical (unpaired) electrons. The van der Waals surface area contributed by atoms with Crippen LogP contribution in [0.1, 0.15) is 27.7 Å². The molecular formula is C13H18BrF2NO2S. The molecule has 0 bridgehead atoms. The molecule has 3 nitrogen and oxygen atoms in total. The summed E-state index contributed by atoms with van der Waals surface area (Å²) in [4.78, 5) is -0.520. The van der Waals surface area contributed by atoms with Crippen LogP contribution >= 0.6 is 15.9 Å². The third-order valence-electron chi connectivity index (χ3n) is 2.65. The van der Waals surface area contributed by atoms with E-state index in [0.717, 1.165) is 6.07 Å². The Hall–Kier alpha value is -0.530. The Morgan fingerprint density at radius 1 is 1.20 bits per heavy atom. The summed E-state index contributed by atoms with van der Waals surface area (Å²) in [6.07, 6.45) is 0. The zero-order valence-electron chi connectivity index (χ0n) is 11.8. The number of rotatable bonds is 5. The van der Waals surface area contributed by atoms with E-state index in [4.69, 9.17) is 0 Å². The van der Waals surface area contributed by atoms with Crippen molar-refractivity contribution >= 4 is 26.0 Å². The van der Waals surface area contributed by atoms with Crippen LogP contribution in [0.4, 0.5) is 8.78 Å². The second-order valence-electron chi connectivity index (χ2n) is 5.26. The van der Waals surface area contributed by atoms with Gasteiger partial charge in [-0.1, -0.05) is 13.8 Å². The zero-order valence-corrected chi connectivity index (χ0v) is 14.2. The van der Waals surface area contributed by atoms with Gasteiger partial charge in [0.15, 0.2) is 0 Å². The van der Waals surface area contributed by atoms with Crippen LogP contribution in [0.3, 0.4) is 0 Å². The molecule has 0 aliphatic rings. The van der Waals surface area contributed by atoms with Crippen molar-refractivity contribution in [1.29, 1.82) is 0 Å². The summed E-state index contributed by atoms with van der Waals surface area (Å²) in [6, 6.07) is 1.20. The minimum atomic E-state index is -4.03. The van der Waals surface area contributed by atoms with Crippen molar-refractivity contribution in [2.45, 2.75) is 38.6 Å². The Morgan fingerprint density at radius 2 is 1.75 bits per heavy atom. The highest BCUT2D eigenvalue weighted by atomic mass is 79.9. The predicted octanol–water partition coefficient (Wildman–Crippen LogP) is 3.78. The normalized spacial score (nSPS) is 12.7. The molecule has 20 heavy (non-hydrogen) atoms. The summed E-state index contributed by atoms with van der Waals surface area (Å²) in [5.41, 5.74) is 0. The Bertz CT molecular complexity index is 565. The molecule has 0 aromatic heterocycles. The Balaban J connectivity index is 3.41. The summed E-state index contributed by atoms with van der Waals surface area (Å²) in [7, 11) is -4.03. The van der Waals surface area contributed by atoms with E-state index in [1.165, 1.54) is 4.31 Å². The lowest BCUT2D eigenvalue weighted by atomic mass is 10.2. The van der Waals surface area contributed by atoms with Crippen LogP contribution in [0.5, 0.6) is 0 Å². The van der Waals surface area contributed by atoms with E-state index in [9.17, 15) is 17.2 Å². The van der Waals surface area contributed by atoms with Crippen LogP contribution in [0.2, 0.25) is 0 Å². The van der Waals surface area contributed by atoms with Gasteiger partial charge in [-0.05, 0) is 41.8 Å².